The fourth-order valence-corrected chi connectivity index (χ4v) is 2.13. The molecule has 0 saturated carbocycles. The first-order valence-corrected chi connectivity index (χ1v) is 6.60. The molecule has 0 amide bonds. The van der Waals surface area contributed by atoms with E-state index in [1.165, 1.54) is 0 Å². The molecule has 1 aliphatic heterocycles. The summed E-state index contributed by atoms with van der Waals surface area (Å²) in [4.78, 5) is 0. The highest BCUT2D eigenvalue weighted by atomic mass is 16.5. The molecule has 3 heteroatoms. The molecule has 3 rings (SSSR count). The molecule has 1 unspecified atom stereocenters. The van der Waals surface area contributed by atoms with E-state index in [0.29, 0.717) is 6.10 Å². The van der Waals surface area contributed by atoms with Crippen LogP contribution in [0.25, 0.3) is 0 Å². The van der Waals surface area contributed by atoms with E-state index in [-0.39, 0.29) is 0 Å². The summed E-state index contributed by atoms with van der Waals surface area (Å²) in [7, 11) is 0. The third-order valence-electron chi connectivity index (χ3n) is 3.12. The van der Waals surface area contributed by atoms with Gasteiger partial charge >= 0.3 is 0 Å². The van der Waals surface area contributed by atoms with Crippen molar-refractivity contribution in [2.45, 2.75) is 12.5 Å². The third kappa shape index (κ3) is 3.26. The number of rotatable bonds is 4. The third-order valence-corrected chi connectivity index (χ3v) is 3.12. The van der Waals surface area contributed by atoms with Crippen LogP contribution in [0.4, 0.5) is 0 Å². The molecule has 1 N–H and O–H groups in total. The highest BCUT2D eigenvalue weighted by molar-refractivity contribution is 5.35. The second kappa shape index (κ2) is 5.76. The Labute approximate surface area is 113 Å². The van der Waals surface area contributed by atoms with Gasteiger partial charge in [0.25, 0.3) is 0 Å². The quantitative estimate of drug-likeness (QED) is 0.910. The second-order valence-electron chi connectivity index (χ2n) is 4.62. The minimum Gasteiger partial charge on any atom is -0.489 e. The molecule has 2 aromatic carbocycles. The molecule has 3 nitrogen and oxygen atoms in total. The van der Waals surface area contributed by atoms with E-state index in [4.69, 9.17) is 9.47 Å². The number of hydrogen-bond acceptors (Lipinski definition) is 3. The number of hydrogen-bond donors (Lipinski definition) is 1. The second-order valence-corrected chi connectivity index (χ2v) is 4.62. The molecule has 0 bridgehead atoms. The fraction of sp³-hybridized carbons (Fsp3) is 0.250. The van der Waals surface area contributed by atoms with E-state index in [1.807, 2.05) is 54.6 Å². The van der Waals surface area contributed by atoms with Crippen molar-refractivity contribution < 1.29 is 9.47 Å². The summed E-state index contributed by atoms with van der Waals surface area (Å²) in [5, 5.41) is 3.29. The summed E-state index contributed by atoms with van der Waals surface area (Å²) in [5.41, 5.74) is 0. The molecule has 1 heterocycles. The normalized spacial score (nSPS) is 18.2. The van der Waals surface area contributed by atoms with Crippen LogP contribution >= 0.6 is 0 Å². The van der Waals surface area contributed by atoms with Crippen molar-refractivity contribution in [1.82, 2.24) is 5.32 Å². The zero-order valence-corrected chi connectivity index (χ0v) is 10.7. The van der Waals surface area contributed by atoms with Gasteiger partial charge in [-0.2, -0.15) is 0 Å². The summed E-state index contributed by atoms with van der Waals surface area (Å²) in [6.45, 7) is 1.97. The number of para-hydroxylation sites is 1. The average Bonchev–Trinajstić information content (AvgIpc) is 2.95. The van der Waals surface area contributed by atoms with Gasteiger partial charge in [0.2, 0.25) is 0 Å². The molecule has 0 aromatic heterocycles. The first-order chi connectivity index (χ1) is 9.40. The first-order valence-electron chi connectivity index (χ1n) is 6.60. The Morgan fingerprint density at radius 1 is 0.842 bits per heavy atom. The Morgan fingerprint density at radius 3 is 2.21 bits per heavy atom. The number of benzene rings is 2. The zero-order valence-electron chi connectivity index (χ0n) is 10.7. The van der Waals surface area contributed by atoms with Crippen molar-refractivity contribution in [2.24, 2.45) is 0 Å². The van der Waals surface area contributed by atoms with Crippen molar-refractivity contribution in [2.75, 3.05) is 13.1 Å². The predicted molar refractivity (Wildman–Crippen MR) is 74.9 cm³/mol. The summed E-state index contributed by atoms with van der Waals surface area (Å²) < 4.78 is 11.6. The Bertz CT molecular complexity index is 504. The smallest absolute Gasteiger partial charge is 0.127 e. The van der Waals surface area contributed by atoms with Crippen LogP contribution in [0.2, 0.25) is 0 Å². The molecule has 0 aliphatic carbocycles. The Kier molecular flexibility index (Phi) is 3.65. The van der Waals surface area contributed by atoms with E-state index in [0.717, 1.165) is 36.8 Å². The maximum absolute atomic E-state index is 5.86. The summed E-state index contributed by atoms with van der Waals surface area (Å²) >= 11 is 0. The maximum Gasteiger partial charge on any atom is 0.127 e. The van der Waals surface area contributed by atoms with Gasteiger partial charge < -0.3 is 14.8 Å². The van der Waals surface area contributed by atoms with Crippen molar-refractivity contribution >= 4 is 0 Å². The van der Waals surface area contributed by atoms with Gasteiger partial charge in [0.05, 0.1) is 0 Å². The Morgan fingerprint density at radius 2 is 1.53 bits per heavy atom. The molecular weight excluding hydrogens is 238 g/mol. The minimum absolute atomic E-state index is 0.292. The lowest BCUT2D eigenvalue weighted by atomic mass is 10.3. The molecule has 1 saturated heterocycles. The van der Waals surface area contributed by atoms with Gasteiger partial charge in [0.1, 0.15) is 23.4 Å². The predicted octanol–water partition coefficient (Wildman–Crippen LogP) is 3.22. The van der Waals surface area contributed by atoms with E-state index >= 15 is 0 Å². The van der Waals surface area contributed by atoms with E-state index in [9.17, 15) is 0 Å². The molecule has 0 spiro atoms. The van der Waals surface area contributed by atoms with Gasteiger partial charge in [-0.1, -0.05) is 18.2 Å². The van der Waals surface area contributed by atoms with Crippen molar-refractivity contribution in [3.05, 3.63) is 54.6 Å². The monoisotopic (exact) mass is 255 g/mol. The fourth-order valence-electron chi connectivity index (χ4n) is 2.13. The summed E-state index contributed by atoms with van der Waals surface area (Å²) in [6.07, 6.45) is 1.36. The van der Waals surface area contributed by atoms with Crippen LogP contribution in [0.5, 0.6) is 17.2 Å². The van der Waals surface area contributed by atoms with E-state index < -0.39 is 0 Å². The molecule has 98 valence electrons. The van der Waals surface area contributed by atoms with Crippen LogP contribution in [0, 0.1) is 0 Å². The van der Waals surface area contributed by atoms with Crippen LogP contribution in [-0.2, 0) is 0 Å². The SMILES string of the molecule is c1ccc(Oc2ccc(OC3CCNC3)cc2)cc1. The van der Waals surface area contributed by atoms with Crippen LogP contribution in [0.15, 0.2) is 54.6 Å². The molecule has 1 aliphatic rings. The van der Waals surface area contributed by atoms with Crippen molar-refractivity contribution in [3.63, 3.8) is 0 Å². The highest BCUT2D eigenvalue weighted by Gasteiger charge is 2.15. The number of ether oxygens (including phenoxy) is 2. The zero-order chi connectivity index (χ0) is 12.9. The van der Waals surface area contributed by atoms with Crippen LogP contribution in [-0.4, -0.2) is 19.2 Å². The molecule has 1 fully saturated rings. The molecule has 0 radical (unpaired) electrons. The Hall–Kier alpha value is -2.00. The lowest BCUT2D eigenvalue weighted by Crippen LogP contribution is -2.19. The number of nitrogens with one attached hydrogen (secondary N) is 1. The lowest BCUT2D eigenvalue weighted by Gasteiger charge is -2.13. The van der Waals surface area contributed by atoms with Crippen LogP contribution < -0.4 is 14.8 Å². The van der Waals surface area contributed by atoms with Gasteiger partial charge in [-0.05, 0) is 49.4 Å². The van der Waals surface area contributed by atoms with Gasteiger partial charge in [0, 0.05) is 6.54 Å². The topological polar surface area (TPSA) is 30.5 Å². The van der Waals surface area contributed by atoms with Gasteiger partial charge in [-0.25, -0.2) is 0 Å². The Balaban J connectivity index is 1.62. The molecule has 2 aromatic rings. The lowest BCUT2D eigenvalue weighted by molar-refractivity contribution is 0.223. The van der Waals surface area contributed by atoms with Crippen molar-refractivity contribution in [1.29, 1.82) is 0 Å². The minimum atomic E-state index is 0.292. The first kappa shape index (κ1) is 12.1. The standard InChI is InChI=1S/C16H17NO2/c1-2-4-13(5-3-1)18-14-6-8-15(9-7-14)19-16-10-11-17-12-16/h1-9,16-17H,10-12H2. The van der Waals surface area contributed by atoms with Crippen LogP contribution in [0.3, 0.4) is 0 Å². The van der Waals surface area contributed by atoms with Gasteiger partial charge in [-0.15, -0.1) is 0 Å². The largest absolute Gasteiger partial charge is 0.489 e. The maximum atomic E-state index is 5.86. The van der Waals surface area contributed by atoms with Gasteiger partial charge in [0.15, 0.2) is 0 Å². The van der Waals surface area contributed by atoms with E-state index in [1.54, 1.807) is 0 Å². The average molecular weight is 255 g/mol. The highest BCUT2D eigenvalue weighted by Crippen LogP contribution is 2.24. The van der Waals surface area contributed by atoms with Gasteiger partial charge in [-0.3, -0.25) is 0 Å². The van der Waals surface area contributed by atoms with Crippen molar-refractivity contribution in [3.8, 4) is 17.2 Å². The van der Waals surface area contributed by atoms with Crippen LogP contribution in [0.1, 0.15) is 6.42 Å². The summed E-state index contributed by atoms with van der Waals surface area (Å²) in [5.74, 6) is 2.56. The molecule has 1 atom stereocenters. The van der Waals surface area contributed by atoms with E-state index in [2.05, 4.69) is 5.32 Å². The summed E-state index contributed by atoms with van der Waals surface area (Å²) in [6, 6.07) is 17.5. The molecular formula is C16H17NO2. The molecule has 19 heavy (non-hydrogen) atoms.